The van der Waals surface area contributed by atoms with Crippen LogP contribution in [-0.2, 0) is 16.1 Å². The summed E-state index contributed by atoms with van der Waals surface area (Å²) in [4.78, 5) is 24.1. The van der Waals surface area contributed by atoms with E-state index in [1.165, 1.54) is 0 Å². The molecule has 0 radical (unpaired) electrons. The Morgan fingerprint density at radius 3 is 2.28 bits per heavy atom. The van der Waals surface area contributed by atoms with Crippen molar-refractivity contribution in [1.82, 2.24) is 10.6 Å². The second-order valence-corrected chi connectivity index (χ2v) is 6.01. The topological polar surface area (TPSA) is 67.4 Å². The van der Waals surface area contributed by atoms with E-state index in [0.717, 1.165) is 16.7 Å². The Kier molecular flexibility index (Phi) is 6.57. The van der Waals surface area contributed by atoms with Crippen LogP contribution < -0.4 is 10.6 Å². The first-order valence-electron chi connectivity index (χ1n) is 8.30. The minimum Gasteiger partial charge on any atom is -0.445 e. The first-order chi connectivity index (χ1) is 12.0. The van der Waals surface area contributed by atoms with Crippen molar-refractivity contribution in [2.75, 3.05) is 0 Å². The van der Waals surface area contributed by atoms with Gasteiger partial charge in [0.15, 0.2) is 0 Å². The summed E-state index contributed by atoms with van der Waals surface area (Å²) in [6.07, 6.45) is -0.616. The smallest absolute Gasteiger partial charge is 0.408 e. The molecule has 2 atom stereocenters. The second-order valence-electron chi connectivity index (χ2n) is 6.01. The lowest BCUT2D eigenvalue weighted by molar-refractivity contribution is -0.123. The van der Waals surface area contributed by atoms with Gasteiger partial charge in [0, 0.05) is 0 Å². The van der Waals surface area contributed by atoms with E-state index in [-0.39, 0.29) is 18.6 Å². The summed E-state index contributed by atoms with van der Waals surface area (Å²) in [5, 5.41) is 5.45. The molecular formula is C20H24N2O3. The maximum Gasteiger partial charge on any atom is 0.408 e. The first kappa shape index (κ1) is 18.5. The third kappa shape index (κ3) is 5.64. The lowest BCUT2D eigenvalue weighted by Gasteiger charge is -2.20. The largest absolute Gasteiger partial charge is 0.445 e. The van der Waals surface area contributed by atoms with Gasteiger partial charge in [0.25, 0.3) is 0 Å². The Morgan fingerprint density at radius 2 is 1.60 bits per heavy atom. The molecule has 2 aromatic rings. The zero-order valence-corrected chi connectivity index (χ0v) is 14.8. The number of rotatable bonds is 6. The molecule has 0 aliphatic carbocycles. The third-order valence-corrected chi connectivity index (χ3v) is 3.95. The molecule has 0 spiro atoms. The predicted molar refractivity (Wildman–Crippen MR) is 97.0 cm³/mol. The highest BCUT2D eigenvalue weighted by Gasteiger charge is 2.19. The molecule has 0 aliphatic heterocycles. The number of nitrogens with one attached hydrogen (secondary N) is 2. The van der Waals surface area contributed by atoms with Gasteiger partial charge in [0.1, 0.15) is 12.6 Å². The minimum atomic E-state index is -0.685. The van der Waals surface area contributed by atoms with Crippen LogP contribution in [0.15, 0.2) is 54.6 Å². The van der Waals surface area contributed by atoms with Crippen LogP contribution in [-0.4, -0.2) is 18.0 Å². The van der Waals surface area contributed by atoms with Gasteiger partial charge in [0.2, 0.25) is 5.91 Å². The average Bonchev–Trinajstić information content (AvgIpc) is 2.61. The summed E-state index contributed by atoms with van der Waals surface area (Å²) in [7, 11) is 0. The van der Waals surface area contributed by atoms with E-state index in [1.54, 1.807) is 6.92 Å². The molecule has 5 nitrogen and oxygen atoms in total. The molecule has 0 fully saturated rings. The van der Waals surface area contributed by atoms with E-state index in [0.29, 0.717) is 0 Å². The Hall–Kier alpha value is -2.82. The number of ether oxygens (including phenoxy) is 1. The van der Waals surface area contributed by atoms with Gasteiger partial charge in [-0.15, -0.1) is 0 Å². The van der Waals surface area contributed by atoms with E-state index in [1.807, 2.05) is 68.4 Å². The van der Waals surface area contributed by atoms with Gasteiger partial charge in [-0.3, -0.25) is 4.79 Å². The van der Waals surface area contributed by atoms with Crippen molar-refractivity contribution in [3.63, 3.8) is 0 Å². The molecule has 2 amide bonds. The monoisotopic (exact) mass is 340 g/mol. The van der Waals surface area contributed by atoms with Crippen molar-refractivity contribution < 1.29 is 14.3 Å². The highest BCUT2D eigenvalue weighted by Crippen LogP contribution is 2.16. The highest BCUT2D eigenvalue weighted by atomic mass is 16.5. The van der Waals surface area contributed by atoms with Crippen molar-refractivity contribution in [2.24, 2.45) is 0 Å². The molecule has 0 saturated carbocycles. The van der Waals surface area contributed by atoms with Gasteiger partial charge in [-0.25, -0.2) is 4.79 Å². The van der Waals surface area contributed by atoms with Gasteiger partial charge < -0.3 is 15.4 Å². The Balaban J connectivity index is 1.81. The molecule has 2 rings (SSSR count). The minimum absolute atomic E-state index is 0.140. The summed E-state index contributed by atoms with van der Waals surface area (Å²) in [5.41, 5.74) is 3.05. The quantitative estimate of drug-likeness (QED) is 0.846. The van der Waals surface area contributed by atoms with Crippen LogP contribution in [0.3, 0.4) is 0 Å². The van der Waals surface area contributed by atoms with Crippen LogP contribution >= 0.6 is 0 Å². The Labute approximate surface area is 148 Å². The maximum atomic E-state index is 12.3. The van der Waals surface area contributed by atoms with Crippen LogP contribution in [0.1, 0.15) is 36.6 Å². The Morgan fingerprint density at radius 1 is 0.960 bits per heavy atom. The predicted octanol–water partition coefficient (Wildman–Crippen LogP) is 3.49. The molecule has 2 N–H and O–H groups in total. The fourth-order valence-electron chi connectivity index (χ4n) is 2.50. The molecule has 132 valence electrons. The van der Waals surface area contributed by atoms with Gasteiger partial charge in [0.05, 0.1) is 6.04 Å². The summed E-state index contributed by atoms with van der Waals surface area (Å²) >= 11 is 0. The van der Waals surface area contributed by atoms with Gasteiger partial charge in [-0.1, -0.05) is 54.6 Å². The van der Waals surface area contributed by atoms with Crippen molar-refractivity contribution >= 4 is 12.0 Å². The Bertz CT molecular complexity index is 716. The molecule has 0 bridgehead atoms. The van der Waals surface area contributed by atoms with Crippen LogP contribution in [0, 0.1) is 6.92 Å². The van der Waals surface area contributed by atoms with Crippen LogP contribution in [0.2, 0.25) is 0 Å². The lowest BCUT2D eigenvalue weighted by atomic mass is 10.0. The van der Waals surface area contributed by atoms with Crippen molar-refractivity contribution in [1.29, 1.82) is 0 Å². The molecule has 0 aromatic heterocycles. The molecule has 0 unspecified atom stereocenters. The maximum absolute atomic E-state index is 12.3. The van der Waals surface area contributed by atoms with Crippen molar-refractivity contribution in [3.05, 3.63) is 71.3 Å². The zero-order valence-electron chi connectivity index (χ0n) is 14.8. The van der Waals surface area contributed by atoms with E-state index >= 15 is 0 Å². The number of alkyl carbamates (subject to hydrolysis) is 1. The fraction of sp³-hybridized carbons (Fsp3) is 0.300. The normalized spacial score (nSPS) is 12.8. The van der Waals surface area contributed by atoms with E-state index < -0.39 is 12.1 Å². The van der Waals surface area contributed by atoms with Crippen LogP contribution in [0.5, 0.6) is 0 Å². The van der Waals surface area contributed by atoms with E-state index in [2.05, 4.69) is 10.6 Å². The average molecular weight is 340 g/mol. The van der Waals surface area contributed by atoms with Crippen LogP contribution in [0.4, 0.5) is 4.79 Å². The van der Waals surface area contributed by atoms with Crippen molar-refractivity contribution in [3.8, 4) is 0 Å². The number of hydrogen-bond acceptors (Lipinski definition) is 3. The van der Waals surface area contributed by atoms with Crippen LogP contribution in [0.25, 0.3) is 0 Å². The SMILES string of the molecule is Cc1ccccc1[C@H](C)NC(=O)[C@@H](C)NC(=O)OCc1ccccc1. The van der Waals surface area contributed by atoms with E-state index in [9.17, 15) is 9.59 Å². The molecule has 5 heteroatoms. The second kappa shape index (κ2) is 8.87. The first-order valence-corrected chi connectivity index (χ1v) is 8.30. The summed E-state index contributed by atoms with van der Waals surface area (Å²) in [5.74, 6) is -0.257. The summed E-state index contributed by atoms with van der Waals surface area (Å²) < 4.78 is 5.13. The zero-order chi connectivity index (χ0) is 18.2. The molecule has 25 heavy (non-hydrogen) atoms. The molecule has 0 heterocycles. The number of benzene rings is 2. The molecule has 0 aliphatic rings. The highest BCUT2D eigenvalue weighted by molar-refractivity contribution is 5.85. The molecule has 2 aromatic carbocycles. The summed E-state index contributed by atoms with van der Waals surface area (Å²) in [6, 6.07) is 16.4. The lowest BCUT2D eigenvalue weighted by Crippen LogP contribution is -2.45. The van der Waals surface area contributed by atoms with Gasteiger partial charge >= 0.3 is 6.09 Å². The van der Waals surface area contributed by atoms with Crippen molar-refractivity contribution in [2.45, 2.75) is 39.5 Å². The summed E-state index contributed by atoms with van der Waals surface area (Å²) in [6.45, 7) is 5.71. The molecule has 0 saturated heterocycles. The standard InChI is InChI=1S/C20H24N2O3/c1-14-9-7-8-12-18(14)15(2)21-19(23)16(3)22-20(24)25-13-17-10-5-4-6-11-17/h4-12,15-16H,13H2,1-3H3,(H,21,23)(H,22,24)/t15-,16+/m0/s1. The third-order valence-electron chi connectivity index (χ3n) is 3.95. The number of carbonyl (C=O) groups is 2. The number of carbonyl (C=O) groups excluding carboxylic acids is 2. The van der Waals surface area contributed by atoms with E-state index in [4.69, 9.17) is 4.74 Å². The van der Waals surface area contributed by atoms with Gasteiger partial charge in [-0.2, -0.15) is 0 Å². The number of amides is 2. The fourth-order valence-corrected chi connectivity index (χ4v) is 2.50. The number of hydrogen-bond donors (Lipinski definition) is 2. The molecular weight excluding hydrogens is 316 g/mol. The number of aryl methyl sites for hydroxylation is 1. The van der Waals surface area contributed by atoms with Gasteiger partial charge in [-0.05, 0) is 37.5 Å².